The molecule has 0 radical (unpaired) electrons. The lowest BCUT2D eigenvalue weighted by atomic mass is 10.1. The third-order valence-electron chi connectivity index (χ3n) is 5.66. The number of carbonyl (C=O) groups excluding carboxylic acids is 3. The number of benzene rings is 3. The number of aromatic nitrogens is 1. The Labute approximate surface area is 217 Å². The van der Waals surface area contributed by atoms with Crippen molar-refractivity contribution >= 4 is 75.0 Å². The molecule has 5 rings (SSSR count). The van der Waals surface area contributed by atoms with Crippen molar-refractivity contribution < 1.29 is 14.4 Å². The highest BCUT2D eigenvalue weighted by molar-refractivity contribution is 7.80. The number of carbonyl (C=O) groups is 3. The summed E-state index contributed by atoms with van der Waals surface area (Å²) < 4.78 is 1.78. The Morgan fingerprint density at radius 3 is 2.53 bits per heavy atom. The molecule has 2 N–H and O–H groups in total. The number of hydrogen-bond acceptors (Lipinski definition) is 4. The van der Waals surface area contributed by atoms with E-state index in [1.54, 1.807) is 35.0 Å². The second kappa shape index (κ2) is 9.77. The SMILES string of the molecule is O=C(Cn1cc(/C=C2/C(=O)NC(=S)N(c3cccc(Cl)c3)C2=O)c2ccccc21)Nc1ccccc1. The first kappa shape index (κ1) is 23.5. The van der Waals surface area contributed by atoms with Crippen molar-refractivity contribution in [1.82, 2.24) is 9.88 Å². The number of nitrogens with one attached hydrogen (secondary N) is 2. The standard InChI is InChI=1S/C27H19ClN4O3S/c28-18-7-6-10-20(14-18)32-26(35)22(25(34)30-27(32)36)13-17-15-31(23-12-5-4-11-21(17)23)16-24(33)29-19-8-2-1-3-9-19/h1-15H,16H2,(H,29,33)(H,30,34,36)/b22-13-. The average molecular weight is 515 g/mol. The molecule has 7 nitrogen and oxygen atoms in total. The molecule has 36 heavy (non-hydrogen) atoms. The molecule has 0 saturated carbocycles. The van der Waals surface area contributed by atoms with Gasteiger partial charge in [0.15, 0.2) is 5.11 Å². The van der Waals surface area contributed by atoms with E-state index in [2.05, 4.69) is 10.6 Å². The van der Waals surface area contributed by atoms with Crippen molar-refractivity contribution in [2.75, 3.05) is 10.2 Å². The molecule has 3 amide bonds. The number of thiocarbonyl (C=S) groups is 1. The van der Waals surface area contributed by atoms with Gasteiger partial charge in [-0.3, -0.25) is 24.6 Å². The van der Waals surface area contributed by atoms with Gasteiger partial charge in [-0.15, -0.1) is 0 Å². The Morgan fingerprint density at radius 2 is 1.75 bits per heavy atom. The maximum atomic E-state index is 13.4. The predicted molar refractivity (Wildman–Crippen MR) is 145 cm³/mol. The number of fused-ring (bicyclic) bond motifs is 1. The van der Waals surface area contributed by atoms with Gasteiger partial charge in [0.25, 0.3) is 11.8 Å². The van der Waals surface area contributed by atoms with E-state index in [4.69, 9.17) is 23.8 Å². The van der Waals surface area contributed by atoms with Crippen LogP contribution in [-0.2, 0) is 20.9 Å². The van der Waals surface area contributed by atoms with E-state index in [0.717, 1.165) is 10.9 Å². The molecule has 0 aliphatic carbocycles. The molecule has 4 aromatic rings. The monoisotopic (exact) mass is 514 g/mol. The van der Waals surface area contributed by atoms with Gasteiger partial charge in [0.05, 0.1) is 5.69 Å². The zero-order valence-corrected chi connectivity index (χ0v) is 20.3. The summed E-state index contributed by atoms with van der Waals surface area (Å²) >= 11 is 11.4. The molecular weight excluding hydrogens is 496 g/mol. The predicted octanol–water partition coefficient (Wildman–Crippen LogP) is 4.76. The zero-order valence-electron chi connectivity index (χ0n) is 18.8. The van der Waals surface area contributed by atoms with E-state index < -0.39 is 11.8 Å². The summed E-state index contributed by atoms with van der Waals surface area (Å²) in [6.45, 7) is 0.0530. The van der Waals surface area contributed by atoms with Crippen LogP contribution in [-0.4, -0.2) is 27.4 Å². The van der Waals surface area contributed by atoms with E-state index in [0.29, 0.717) is 22.0 Å². The van der Waals surface area contributed by atoms with Crippen LogP contribution in [0.4, 0.5) is 11.4 Å². The van der Waals surface area contributed by atoms with Crippen molar-refractivity contribution in [1.29, 1.82) is 0 Å². The van der Waals surface area contributed by atoms with Gasteiger partial charge < -0.3 is 9.88 Å². The Bertz CT molecular complexity index is 1560. The van der Waals surface area contributed by atoms with Crippen molar-refractivity contribution in [3.63, 3.8) is 0 Å². The Kier molecular flexibility index (Phi) is 6.37. The normalized spacial score (nSPS) is 14.9. The van der Waals surface area contributed by atoms with E-state index in [9.17, 15) is 14.4 Å². The molecule has 1 saturated heterocycles. The van der Waals surface area contributed by atoms with Crippen LogP contribution in [0, 0.1) is 0 Å². The summed E-state index contributed by atoms with van der Waals surface area (Å²) in [5.74, 6) is -1.36. The van der Waals surface area contributed by atoms with E-state index in [-0.39, 0.29) is 23.1 Å². The van der Waals surface area contributed by atoms with Crippen LogP contribution in [0.1, 0.15) is 5.56 Å². The van der Waals surface area contributed by atoms with E-state index >= 15 is 0 Å². The first-order valence-electron chi connectivity index (χ1n) is 11.0. The molecule has 3 aromatic carbocycles. The zero-order chi connectivity index (χ0) is 25.2. The molecule has 0 bridgehead atoms. The largest absolute Gasteiger partial charge is 0.337 e. The van der Waals surface area contributed by atoms with Gasteiger partial charge in [0, 0.05) is 33.4 Å². The molecule has 1 aliphatic rings. The molecular formula is C27H19ClN4O3S. The maximum Gasteiger partial charge on any atom is 0.270 e. The summed E-state index contributed by atoms with van der Waals surface area (Å²) in [6.07, 6.45) is 3.27. The Hall–Kier alpha value is -4.27. The van der Waals surface area contributed by atoms with Crippen LogP contribution in [0.2, 0.25) is 5.02 Å². The molecule has 9 heteroatoms. The smallest absolute Gasteiger partial charge is 0.270 e. The number of rotatable bonds is 5. The molecule has 1 fully saturated rings. The highest BCUT2D eigenvalue weighted by atomic mass is 35.5. The third kappa shape index (κ3) is 4.64. The van der Waals surface area contributed by atoms with Crippen molar-refractivity contribution in [2.45, 2.75) is 6.54 Å². The second-order valence-electron chi connectivity index (χ2n) is 8.08. The van der Waals surface area contributed by atoms with Crippen LogP contribution in [0.5, 0.6) is 0 Å². The molecule has 0 unspecified atom stereocenters. The Balaban J connectivity index is 1.49. The lowest BCUT2D eigenvalue weighted by Gasteiger charge is -2.29. The number of nitrogens with zero attached hydrogens (tertiary/aromatic N) is 2. The van der Waals surface area contributed by atoms with E-state index in [1.165, 1.54) is 11.0 Å². The summed E-state index contributed by atoms with van der Waals surface area (Å²) in [5.41, 5.74) is 2.47. The van der Waals surface area contributed by atoms with E-state index in [1.807, 2.05) is 54.6 Å². The fraction of sp³-hybridized carbons (Fsp3) is 0.0370. The lowest BCUT2D eigenvalue weighted by Crippen LogP contribution is -2.54. The topological polar surface area (TPSA) is 83.4 Å². The fourth-order valence-electron chi connectivity index (χ4n) is 4.06. The van der Waals surface area contributed by atoms with Crippen LogP contribution in [0.25, 0.3) is 17.0 Å². The number of anilines is 2. The van der Waals surface area contributed by atoms with Gasteiger partial charge in [-0.1, -0.05) is 54.1 Å². The van der Waals surface area contributed by atoms with Crippen LogP contribution in [0.15, 0.2) is 90.6 Å². The van der Waals surface area contributed by atoms with Crippen LogP contribution >= 0.6 is 23.8 Å². The van der Waals surface area contributed by atoms with Crippen molar-refractivity contribution in [3.8, 4) is 0 Å². The minimum atomic E-state index is -0.595. The van der Waals surface area contributed by atoms with Crippen molar-refractivity contribution in [3.05, 3.63) is 101 Å². The first-order chi connectivity index (χ1) is 17.4. The Morgan fingerprint density at radius 1 is 1.00 bits per heavy atom. The van der Waals surface area contributed by atoms with Gasteiger partial charge >= 0.3 is 0 Å². The average Bonchev–Trinajstić information content (AvgIpc) is 3.19. The highest BCUT2D eigenvalue weighted by Gasteiger charge is 2.34. The quantitative estimate of drug-likeness (QED) is 0.228. The summed E-state index contributed by atoms with van der Waals surface area (Å²) in [7, 11) is 0. The second-order valence-corrected chi connectivity index (χ2v) is 8.90. The van der Waals surface area contributed by atoms with Gasteiger partial charge in [-0.05, 0) is 54.7 Å². The highest BCUT2D eigenvalue weighted by Crippen LogP contribution is 2.28. The van der Waals surface area contributed by atoms with Gasteiger partial charge in [0.1, 0.15) is 12.1 Å². The summed E-state index contributed by atoms with van der Waals surface area (Å²) in [6, 6.07) is 23.3. The number of hydrogen-bond donors (Lipinski definition) is 2. The summed E-state index contributed by atoms with van der Waals surface area (Å²) in [5, 5.41) is 6.65. The van der Waals surface area contributed by atoms with Crippen molar-refractivity contribution in [2.24, 2.45) is 0 Å². The third-order valence-corrected chi connectivity index (χ3v) is 6.18. The molecule has 2 heterocycles. The molecule has 178 valence electrons. The first-order valence-corrected chi connectivity index (χ1v) is 11.8. The molecule has 1 aromatic heterocycles. The van der Waals surface area contributed by atoms with Crippen LogP contribution in [0.3, 0.4) is 0 Å². The minimum absolute atomic E-state index is 0.0237. The minimum Gasteiger partial charge on any atom is -0.337 e. The maximum absolute atomic E-state index is 13.4. The van der Waals surface area contributed by atoms with Gasteiger partial charge in [-0.2, -0.15) is 0 Å². The number of halogens is 1. The van der Waals surface area contributed by atoms with Gasteiger partial charge in [-0.25, -0.2) is 0 Å². The molecule has 0 atom stereocenters. The van der Waals surface area contributed by atoms with Gasteiger partial charge in [0.2, 0.25) is 5.91 Å². The lowest BCUT2D eigenvalue weighted by molar-refractivity contribution is -0.122. The number of para-hydroxylation sites is 2. The van der Waals surface area contributed by atoms with Crippen LogP contribution < -0.4 is 15.5 Å². The number of amides is 3. The molecule has 0 spiro atoms. The fourth-order valence-corrected chi connectivity index (χ4v) is 4.53. The summed E-state index contributed by atoms with van der Waals surface area (Å²) in [4.78, 5) is 40.1. The molecule has 1 aliphatic heterocycles.